The lowest BCUT2D eigenvalue weighted by Crippen LogP contribution is -2.51. The Morgan fingerprint density at radius 1 is 1.35 bits per heavy atom. The van der Waals surface area contributed by atoms with E-state index in [9.17, 15) is 9.59 Å². The Hall–Kier alpha value is -1.84. The highest BCUT2D eigenvalue weighted by atomic mass is 16.2. The number of hydrogen-bond acceptors (Lipinski definition) is 2. The van der Waals surface area contributed by atoms with Crippen LogP contribution in [-0.2, 0) is 16.0 Å². The number of nitrogens with one attached hydrogen (secondary N) is 1. The Morgan fingerprint density at radius 3 is 2.82 bits per heavy atom. The summed E-state index contributed by atoms with van der Waals surface area (Å²) < 4.78 is 0. The van der Waals surface area contributed by atoms with Crippen molar-refractivity contribution < 1.29 is 9.59 Å². The van der Waals surface area contributed by atoms with Crippen LogP contribution in [0.5, 0.6) is 0 Å². The maximum atomic E-state index is 11.7. The summed E-state index contributed by atoms with van der Waals surface area (Å²) in [5.74, 6) is -0.168. The molecule has 0 bridgehead atoms. The highest BCUT2D eigenvalue weighted by molar-refractivity contribution is 6.04. The van der Waals surface area contributed by atoms with Gasteiger partial charge in [-0.1, -0.05) is 13.0 Å². The van der Waals surface area contributed by atoms with E-state index in [2.05, 4.69) is 12.2 Å². The van der Waals surface area contributed by atoms with Crippen molar-refractivity contribution in [2.75, 3.05) is 18.0 Å². The molecule has 4 nitrogen and oxygen atoms in total. The molecule has 0 unspecified atom stereocenters. The Bertz CT molecular complexity index is 468. The molecule has 2 amide bonds. The van der Waals surface area contributed by atoms with E-state index in [4.69, 9.17) is 0 Å². The molecule has 4 heteroatoms. The lowest BCUT2D eigenvalue weighted by atomic mass is 10.0. The van der Waals surface area contributed by atoms with E-state index in [0.717, 1.165) is 12.1 Å². The van der Waals surface area contributed by atoms with Gasteiger partial charge in [0.15, 0.2) is 0 Å². The number of rotatable bonds is 2. The summed E-state index contributed by atoms with van der Waals surface area (Å²) in [7, 11) is 0. The standard InChI is InChI=1S/C13H16N2O2/c1-3-10-6-11(5-4-9(10)2)15-8-12(16)14-7-13(15)17/h4-6H,3,7-8H2,1-2H3,(H,14,16). The third-order valence-corrected chi connectivity index (χ3v) is 3.06. The van der Waals surface area contributed by atoms with Crippen LogP contribution in [0.15, 0.2) is 18.2 Å². The van der Waals surface area contributed by atoms with Gasteiger partial charge in [0, 0.05) is 5.69 Å². The van der Waals surface area contributed by atoms with Crippen molar-refractivity contribution in [1.82, 2.24) is 5.32 Å². The Labute approximate surface area is 101 Å². The van der Waals surface area contributed by atoms with E-state index in [1.807, 2.05) is 25.1 Å². The van der Waals surface area contributed by atoms with Crippen molar-refractivity contribution in [3.63, 3.8) is 0 Å². The third kappa shape index (κ3) is 2.30. The summed E-state index contributed by atoms with van der Waals surface area (Å²) in [4.78, 5) is 24.6. The van der Waals surface area contributed by atoms with Gasteiger partial charge in [0.05, 0.1) is 6.54 Å². The lowest BCUT2D eigenvalue weighted by molar-refractivity contribution is -0.128. The summed E-state index contributed by atoms with van der Waals surface area (Å²) in [6.07, 6.45) is 0.925. The zero-order valence-corrected chi connectivity index (χ0v) is 10.1. The smallest absolute Gasteiger partial charge is 0.246 e. The van der Waals surface area contributed by atoms with Gasteiger partial charge in [-0.3, -0.25) is 9.59 Å². The number of carbonyl (C=O) groups is 2. The van der Waals surface area contributed by atoms with Crippen LogP contribution in [0.2, 0.25) is 0 Å². The van der Waals surface area contributed by atoms with Gasteiger partial charge >= 0.3 is 0 Å². The number of aryl methyl sites for hydroxylation is 2. The average Bonchev–Trinajstić information content (AvgIpc) is 2.33. The highest BCUT2D eigenvalue weighted by Crippen LogP contribution is 2.20. The first kappa shape index (κ1) is 11.6. The van der Waals surface area contributed by atoms with Crippen molar-refractivity contribution in [3.8, 4) is 0 Å². The van der Waals surface area contributed by atoms with Crippen molar-refractivity contribution in [1.29, 1.82) is 0 Å². The van der Waals surface area contributed by atoms with Gasteiger partial charge in [-0.15, -0.1) is 0 Å². The van der Waals surface area contributed by atoms with E-state index >= 15 is 0 Å². The third-order valence-electron chi connectivity index (χ3n) is 3.06. The van der Waals surface area contributed by atoms with Gasteiger partial charge in [0.1, 0.15) is 6.54 Å². The molecule has 1 heterocycles. The van der Waals surface area contributed by atoms with Crippen LogP contribution in [0, 0.1) is 6.92 Å². The number of anilines is 1. The normalized spacial score (nSPS) is 16.0. The summed E-state index contributed by atoms with van der Waals surface area (Å²) >= 11 is 0. The van der Waals surface area contributed by atoms with Crippen molar-refractivity contribution in [3.05, 3.63) is 29.3 Å². The van der Waals surface area contributed by atoms with Crippen LogP contribution in [0.1, 0.15) is 18.1 Å². The van der Waals surface area contributed by atoms with Gasteiger partial charge in [0.2, 0.25) is 11.8 Å². The fraction of sp³-hybridized carbons (Fsp3) is 0.385. The van der Waals surface area contributed by atoms with Gasteiger partial charge in [-0.05, 0) is 36.6 Å². The number of hydrogen-bond donors (Lipinski definition) is 1. The highest BCUT2D eigenvalue weighted by Gasteiger charge is 2.24. The fourth-order valence-corrected chi connectivity index (χ4v) is 2.00. The minimum atomic E-state index is -0.108. The quantitative estimate of drug-likeness (QED) is 0.827. The molecule has 1 aromatic carbocycles. The van der Waals surface area contributed by atoms with Crippen LogP contribution in [-0.4, -0.2) is 24.9 Å². The van der Waals surface area contributed by atoms with Crippen LogP contribution in [0.3, 0.4) is 0 Å². The van der Waals surface area contributed by atoms with Crippen LogP contribution in [0.25, 0.3) is 0 Å². The molecule has 0 aromatic heterocycles. The molecule has 1 fully saturated rings. The molecular weight excluding hydrogens is 216 g/mol. The minimum absolute atomic E-state index is 0.0597. The second-order valence-corrected chi connectivity index (χ2v) is 4.22. The number of nitrogens with zero attached hydrogens (tertiary/aromatic N) is 1. The van der Waals surface area contributed by atoms with Gasteiger partial charge in [0.25, 0.3) is 0 Å². The molecule has 1 aromatic rings. The SMILES string of the molecule is CCc1cc(N2CC(=O)NCC2=O)ccc1C. The predicted molar refractivity (Wildman–Crippen MR) is 65.9 cm³/mol. The van der Waals surface area contributed by atoms with E-state index < -0.39 is 0 Å². The van der Waals surface area contributed by atoms with Crippen molar-refractivity contribution in [2.45, 2.75) is 20.3 Å². The number of amides is 2. The van der Waals surface area contributed by atoms with Gasteiger partial charge in [-0.25, -0.2) is 0 Å². The van der Waals surface area contributed by atoms with Crippen LogP contribution in [0.4, 0.5) is 5.69 Å². The lowest BCUT2D eigenvalue weighted by Gasteiger charge is -2.27. The molecule has 1 aliphatic heterocycles. The number of benzene rings is 1. The number of carbonyl (C=O) groups excluding carboxylic acids is 2. The molecule has 0 aliphatic carbocycles. The average molecular weight is 232 g/mol. The van der Waals surface area contributed by atoms with Crippen LogP contribution < -0.4 is 10.2 Å². The zero-order valence-electron chi connectivity index (χ0n) is 10.1. The number of piperazine rings is 1. The van der Waals surface area contributed by atoms with Crippen LogP contribution >= 0.6 is 0 Å². The van der Waals surface area contributed by atoms with Crippen molar-refractivity contribution in [2.24, 2.45) is 0 Å². The second-order valence-electron chi connectivity index (χ2n) is 4.22. The predicted octanol–water partition coefficient (Wildman–Crippen LogP) is 1.02. The van der Waals surface area contributed by atoms with E-state index in [1.54, 1.807) is 0 Å². The maximum Gasteiger partial charge on any atom is 0.246 e. The Morgan fingerprint density at radius 2 is 2.12 bits per heavy atom. The fourth-order valence-electron chi connectivity index (χ4n) is 2.00. The zero-order chi connectivity index (χ0) is 12.4. The van der Waals surface area contributed by atoms with Crippen molar-refractivity contribution >= 4 is 17.5 Å². The second kappa shape index (κ2) is 4.57. The Balaban J connectivity index is 2.32. The first-order chi connectivity index (χ1) is 8.11. The largest absolute Gasteiger partial charge is 0.345 e. The molecule has 90 valence electrons. The van der Waals surface area contributed by atoms with Gasteiger partial charge < -0.3 is 10.2 Å². The van der Waals surface area contributed by atoms with Gasteiger partial charge in [-0.2, -0.15) is 0 Å². The molecule has 17 heavy (non-hydrogen) atoms. The molecule has 0 spiro atoms. The molecular formula is C13H16N2O2. The molecule has 0 saturated carbocycles. The molecule has 1 N–H and O–H groups in total. The van der Waals surface area contributed by atoms with E-state index in [1.165, 1.54) is 16.0 Å². The summed E-state index contributed by atoms with van der Waals surface area (Å²) in [5, 5.41) is 2.54. The molecule has 2 rings (SSSR count). The summed E-state index contributed by atoms with van der Waals surface area (Å²) in [6.45, 7) is 4.34. The van der Waals surface area contributed by atoms with E-state index in [-0.39, 0.29) is 24.9 Å². The Kier molecular flexibility index (Phi) is 3.13. The molecule has 1 aliphatic rings. The molecule has 0 radical (unpaired) electrons. The summed E-state index contributed by atoms with van der Waals surface area (Å²) in [5.41, 5.74) is 3.23. The monoisotopic (exact) mass is 232 g/mol. The topological polar surface area (TPSA) is 49.4 Å². The summed E-state index contributed by atoms with van der Waals surface area (Å²) in [6, 6.07) is 5.88. The maximum absolute atomic E-state index is 11.7. The first-order valence-corrected chi connectivity index (χ1v) is 5.78. The van der Waals surface area contributed by atoms with E-state index in [0.29, 0.717) is 0 Å². The molecule has 0 atom stereocenters. The minimum Gasteiger partial charge on any atom is -0.345 e. The molecule has 1 saturated heterocycles. The first-order valence-electron chi connectivity index (χ1n) is 5.78.